The van der Waals surface area contributed by atoms with Crippen molar-refractivity contribution in [1.29, 1.82) is 0 Å². The molecular weight excluding hydrogens is 476 g/mol. The molecule has 2 N–H and O–H groups in total. The predicted octanol–water partition coefficient (Wildman–Crippen LogP) is 5.21. The quantitative estimate of drug-likeness (QED) is 0.430. The molecule has 2 aromatic heterocycles. The first-order valence-corrected chi connectivity index (χ1v) is 9.54. The van der Waals surface area contributed by atoms with E-state index in [1.807, 2.05) is 18.2 Å². The molecule has 27 heavy (non-hydrogen) atoms. The van der Waals surface area contributed by atoms with Gasteiger partial charge in [0.25, 0.3) is 11.8 Å². The number of furan rings is 1. The van der Waals surface area contributed by atoms with Crippen LogP contribution in [0.4, 0.5) is 0 Å². The number of fused-ring (bicyclic) bond motifs is 1. The fraction of sp³-hybridized carbons (Fsp3) is 0. The van der Waals surface area contributed by atoms with Gasteiger partial charge in [-0.3, -0.25) is 14.2 Å². The minimum atomic E-state index is -0.586. The zero-order chi connectivity index (χ0) is 19.1. The Labute approximate surface area is 171 Å². The van der Waals surface area contributed by atoms with E-state index in [4.69, 9.17) is 10.2 Å². The summed E-state index contributed by atoms with van der Waals surface area (Å²) in [4.78, 5) is 24.7. The molecule has 0 aliphatic carbocycles. The van der Waals surface area contributed by atoms with Crippen LogP contribution in [0.3, 0.4) is 0 Å². The number of primary amides is 1. The van der Waals surface area contributed by atoms with E-state index in [0.29, 0.717) is 22.2 Å². The van der Waals surface area contributed by atoms with Gasteiger partial charge < -0.3 is 10.2 Å². The molecule has 0 saturated carbocycles. The number of para-hydroxylation sites is 1. The number of amides is 1. The van der Waals surface area contributed by atoms with Crippen LogP contribution in [0.2, 0.25) is 0 Å². The highest BCUT2D eigenvalue weighted by Gasteiger charge is 2.20. The Hall–Kier alpha value is -2.64. The summed E-state index contributed by atoms with van der Waals surface area (Å²) < 4.78 is 8.95. The van der Waals surface area contributed by atoms with Crippen LogP contribution in [-0.2, 0) is 0 Å². The van der Waals surface area contributed by atoms with Crippen LogP contribution in [0, 0.1) is 0 Å². The molecule has 0 atom stereocenters. The molecule has 4 rings (SSSR count). The first kappa shape index (κ1) is 17.8. The Morgan fingerprint density at radius 3 is 2.52 bits per heavy atom. The summed E-state index contributed by atoms with van der Waals surface area (Å²) in [6, 6.07) is 16.1. The van der Waals surface area contributed by atoms with Gasteiger partial charge in [0.2, 0.25) is 0 Å². The molecule has 0 bridgehead atoms. The predicted molar refractivity (Wildman–Crippen MR) is 110 cm³/mol. The van der Waals surface area contributed by atoms with Gasteiger partial charge in [-0.2, -0.15) is 0 Å². The minimum Gasteiger partial charge on any atom is -0.451 e. The summed E-state index contributed by atoms with van der Waals surface area (Å²) in [7, 11) is 0. The molecule has 0 aliphatic heterocycles. The van der Waals surface area contributed by atoms with E-state index < -0.39 is 5.91 Å². The summed E-state index contributed by atoms with van der Waals surface area (Å²) in [5, 5.41) is 0.626. The van der Waals surface area contributed by atoms with Gasteiger partial charge in [-0.15, -0.1) is 0 Å². The van der Waals surface area contributed by atoms with Crippen molar-refractivity contribution >= 4 is 54.6 Å². The van der Waals surface area contributed by atoms with Gasteiger partial charge in [0.05, 0.1) is 11.1 Å². The molecule has 5 nitrogen and oxygen atoms in total. The van der Waals surface area contributed by atoms with E-state index in [1.165, 1.54) is 10.8 Å². The van der Waals surface area contributed by atoms with Gasteiger partial charge in [0.1, 0.15) is 5.76 Å². The molecule has 0 unspecified atom stereocenters. The number of nitrogens with zero attached hydrogens (tertiary/aromatic N) is 1. The molecule has 0 saturated heterocycles. The van der Waals surface area contributed by atoms with Gasteiger partial charge >= 0.3 is 0 Å². The standard InChI is InChI=1S/C20H12Br2N2O3/c21-11-5-6-13(15(22)9-11)17-7-8-18(27-17)20(26)24-10-14(19(23)25)12-3-1-2-4-16(12)24/h1-10H,(H2,23,25). The summed E-state index contributed by atoms with van der Waals surface area (Å²) in [6.45, 7) is 0. The maximum atomic E-state index is 13.0. The monoisotopic (exact) mass is 486 g/mol. The van der Waals surface area contributed by atoms with E-state index in [1.54, 1.807) is 36.4 Å². The average Bonchev–Trinajstić information content (AvgIpc) is 3.26. The highest BCUT2D eigenvalue weighted by molar-refractivity contribution is 9.11. The molecule has 0 aliphatic rings. The molecule has 0 fully saturated rings. The van der Waals surface area contributed by atoms with Crippen molar-refractivity contribution in [3.05, 3.63) is 81.1 Å². The van der Waals surface area contributed by atoms with Crippen molar-refractivity contribution in [2.24, 2.45) is 5.73 Å². The summed E-state index contributed by atoms with van der Waals surface area (Å²) in [6.07, 6.45) is 1.45. The van der Waals surface area contributed by atoms with E-state index in [0.717, 1.165) is 14.5 Å². The minimum absolute atomic E-state index is 0.164. The Morgan fingerprint density at radius 1 is 1.00 bits per heavy atom. The van der Waals surface area contributed by atoms with Crippen LogP contribution in [0.15, 0.2) is 74.2 Å². The van der Waals surface area contributed by atoms with Crippen molar-refractivity contribution in [3.63, 3.8) is 0 Å². The second-order valence-corrected chi connectivity index (χ2v) is 7.66. The van der Waals surface area contributed by atoms with Gasteiger partial charge in [-0.25, -0.2) is 0 Å². The third-order valence-electron chi connectivity index (χ3n) is 4.21. The number of nitrogens with two attached hydrogens (primary N) is 1. The van der Waals surface area contributed by atoms with Crippen molar-refractivity contribution in [2.45, 2.75) is 0 Å². The van der Waals surface area contributed by atoms with Crippen molar-refractivity contribution in [2.75, 3.05) is 0 Å². The van der Waals surface area contributed by atoms with Gasteiger partial charge in [-0.1, -0.05) is 34.1 Å². The second kappa shape index (κ2) is 6.83. The number of benzene rings is 2. The molecule has 2 aromatic carbocycles. The number of halogens is 2. The van der Waals surface area contributed by atoms with Crippen molar-refractivity contribution in [3.8, 4) is 11.3 Å². The van der Waals surface area contributed by atoms with Crippen molar-refractivity contribution < 1.29 is 14.0 Å². The third-order valence-corrected chi connectivity index (χ3v) is 5.36. The van der Waals surface area contributed by atoms with Gasteiger partial charge in [0, 0.05) is 26.1 Å². The van der Waals surface area contributed by atoms with Crippen LogP contribution >= 0.6 is 31.9 Å². The number of hydrogen-bond donors (Lipinski definition) is 1. The molecule has 0 radical (unpaired) electrons. The lowest BCUT2D eigenvalue weighted by Gasteiger charge is -2.03. The molecule has 0 spiro atoms. The summed E-state index contributed by atoms with van der Waals surface area (Å²) in [5.41, 5.74) is 7.16. The summed E-state index contributed by atoms with van der Waals surface area (Å²) in [5.74, 6) is -0.240. The normalized spacial score (nSPS) is 11.0. The number of hydrogen-bond acceptors (Lipinski definition) is 3. The number of rotatable bonds is 3. The second-order valence-electron chi connectivity index (χ2n) is 5.89. The average molecular weight is 488 g/mol. The Kier molecular flexibility index (Phi) is 4.49. The van der Waals surface area contributed by atoms with E-state index in [-0.39, 0.29) is 11.7 Å². The maximum Gasteiger partial charge on any atom is 0.298 e. The maximum absolute atomic E-state index is 13.0. The molecule has 7 heteroatoms. The first-order chi connectivity index (χ1) is 13.0. The van der Waals surface area contributed by atoms with Crippen LogP contribution in [0.1, 0.15) is 20.9 Å². The highest BCUT2D eigenvalue weighted by Crippen LogP contribution is 2.32. The van der Waals surface area contributed by atoms with E-state index >= 15 is 0 Å². The topological polar surface area (TPSA) is 78.2 Å². The number of carbonyl (C=O) groups is 2. The molecule has 1 amide bonds. The molecule has 2 heterocycles. The fourth-order valence-electron chi connectivity index (χ4n) is 2.95. The van der Waals surface area contributed by atoms with Crippen LogP contribution in [0.25, 0.3) is 22.2 Å². The zero-order valence-corrected chi connectivity index (χ0v) is 17.0. The third kappa shape index (κ3) is 3.13. The van der Waals surface area contributed by atoms with E-state index in [2.05, 4.69) is 31.9 Å². The highest BCUT2D eigenvalue weighted by atomic mass is 79.9. The van der Waals surface area contributed by atoms with E-state index in [9.17, 15) is 9.59 Å². The SMILES string of the molecule is NC(=O)c1cn(C(=O)c2ccc(-c3ccc(Br)cc3Br)o2)c2ccccc12. The van der Waals surface area contributed by atoms with Crippen molar-refractivity contribution in [1.82, 2.24) is 4.57 Å². The number of aromatic nitrogens is 1. The lowest BCUT2D eigenvalue weighted by atomic mass is 10.2. The van der Waals surface area contributed by atoms with Crippen LogP contribution in [0.5, 0.6) is 0 Å². The number of carbonyl (C=O) groups excluding carboxylic acids is 2. The Balaban J connectivity index is 1.78. The first-order valence-electron chi connectivity index (χ1n) is 7.95. The fourth-order valence-corrected chi connectivity index (χ4v) is 4.19. The lowest BCUT2D eigenvalue weighted by Crippen LogP contribution is -2.12. The molecule has 4 aromatic rings. The molecular formula is C20H12Br2N2O3. The Bertz CT molecular complexity index is 1210. The largest absolute Gasteiger partial charge is 0.451 e. The molecule has 134 valence electrons. The van der Waals surface area contributed by atoms with Gasteiger partial charge in [-0.05, 0) is 52.3 Å². The zero-order valence-electron chi connectivity index (χ0n) is 13.8. The smallest absolute Gasteiger partial charge is 0.298 e. The van der Waals surface area contributed by atoms with Crippen LogP contribution < -0.4 is 5.73 Å². The lowest BCUT2D eigenvalue weighted by molar-refractivity contribution is 0.0938. The summed E-state index contributed by atoms with van der Waals surface area (Å²) >= 11 is 6.90. The van der Waals surface area contributed by atoms with Crippen LogP contribution in [-0.4, -0.2) is 16.4 Å². The Morgan fingerprint density at radius 2 is 1.78 bits per heavy atom. The van der Waals surface area contributed by atoms with Gasteiger partial charge in [0.15, 0.2) is 5.76 Å².